The second-order valence-corrected chi connectivity index (χ2v) is 8.44. The van der Waals surface area contributed by atoms with Crippen LogP contribution in [0.5, 0.6) is 0 Å². The summed E-state index contributed by atoms with van der Waals surface area (Å²) in [6, 6.07) is 5.02. The van der Waals surface area contributed by atoms with Gasteiger partial charge >= 0.3 is 6.18 Å². The smallest absolute Gasteiger partial charge is 0.393 e. The first-order valence-electron chi connectivity index (χ1n) is 10.7. The van der Waals surface area contributed by atoms with Gasteiger partial charge in [-0.2, -0.15) is 23.5 Å². The van der Waals surface area contributed by atoms with E-state index < -0.39 is 47.9 Å². The lowest BCUT2D eigenvalue weighted by molar-refractivity contribution is -0.275. The van der Waals surface area contributed by atoms with Crippen molar-refractivity contribution in [1.29, 1.82) is 5.26 Å². The van der Waals surface area contributed by atoms with E-state index in [1.165, 1.54) is 35.1 Å². The number of piperidine rings is 1. The molecule has 0 aliphatic carbocycles. The highest BCUT2D eigenvalue weighted by molar-refractivity contribution is 5.98. The van der Waals surface area contributed by atoms with E-state index in [1.54, 1.807) is 0 Å². The molecule has 13 heteroatoms. The number of hydrogen-bond acceptors (Lipinski definition) is 6. The van der Waals surface area contributed by atoms with Gasteiger partial charge in [0, 0.05) is 24.5 Å². The summed E-state index contributed by atoms with van der Waals surface area (Å²) in [5.74, 6) is -3.80. The number of nitrogens with one attached hydrogen (secondary N) is 1. The summed E-state index contributed by atoms with van der Waals surface area (Å²) in [7, 11) is 0. The molecule has 1 fully saturated rings. The van der Waals surface area contributed by atoms with Gasteiger partial charge in [0.2, 0.25) is 0 Å². The third kappa shape index (κ3) is 5.82. The van der Waals surface area contributed by atoms with E-state index in [2.05, 4.69) is 10.4 Å². The Kier molecular flexibility index (Phi) is 7.52. The minimum atomic E-state index is -4.64. The predicted molar refractivity (Wildman–Crippen MR) is 114 cm³/mol. The largest absolute Gasteiger partial charge is 0.530 e. The number of nitriles is 1. The van der Waals surface area contributed by atoms with Gasteiger partial charge in [-0.05, 0) is 43.0 Å². The first-order valence-corrected chi connectivity index (χ1v) is 10.7. The van der Waals surface area contributed by atoms with Gasteiger partial charge in [0.05, 0.1) is 24.4 Å². The number of carboxylic acid groups (broad SMARTS) is 1. The minimum absolute atomic E-state index is 0.0272. The van der Waals surface area contributed by atoms with Gasteiger partial charge in [-0.1, -0.05) is 6.92 Å². The number of alkyl halides is 3. The fraction of sp³-hybridized carbons (Fsp3) is 0.455. The topological polar surface area (TPSA) is 140 Å². The molecule has 1 aliphatic heterocycles. The number of hydrogen-bond donors (Lipinski definition) is 2. The number of aromatic nitrogens is 2. The zero-order valence-electron chi connectivity index (χ0n) is 18.6. The first-order chi connectivity index (χ1) is 16.4. The van der Waals surface area contributed by atoms with Crippen molar-refractivity contribution in [2.24, 2.45) is 17.6 Å². The van der Waals surface area contributed by atoms with Crippen molar-refractivity contribution in [3.8, 4) is 6.07 Å². The summed E-state index contributed by atoms with van der Waals surface area (Å²) in [6.45, 7) is 0.705. The monoisotopic (exact) mass is 495 g/mol. The third-order valence-electron chi connectivity index (χ3n) is 6.30. The molecule has 3 rings (SSSR count). The van der Waals surface area contributed by atoms with E-state index in [-0.39, 0.29) is 37.2 Å². The fourth-order valence-electron chi connectivity index (χ4n) is 4.37. The molecule has 1 aromatic heterocycles. The molecule has 4 atom stereocenters. The van der Waals surface area contributed by atoms with E-state index in [0.29, 0.717) is 10.6 Å². The Hall–Kier alpha value is -3.82. The number of carbonyl (C=O) groups excluding carboxylic acids is 2. The molecule has 3 N–H and O–H groups in total. The number of primary amides is 1. The van der Waals surface area contributed by atoms with Crippen molar-refractivity contribution in [3.63, 3.8) is 0 Å². The van der Waals surface area contributed by atoms with Crippen LogP contribution in [0.15, 0.2) is 30.5 Å². The predicted octanol–water partition coefficient (Wildman–Crippen LogP) is 2.94. The lowest BCUT2D eigenvalue weighted by Gasteiger charge is -2.45. The fourth-order valence-corrected chi connectivity index (χ4v) is 4.37. The third-order valence-corrected chi connectivity index (χ3v) is 6.30. The normalized spacial score (nSPS) is 20.1. The van der Waals surface area contributed by atoms with Crippen LogP contribution in [0.3, 0.4) is 0 Å². The number of anilines is 2. The van der Waals surface area contributed by atoms with Crippen molar-refractivity contribution < 1.29 is 32.3 Å². The van der Waals surface area contributed by atoms with Crippen LogP contribution in [0, 0.1) is 29.0 Å². The summed E-state index contributed by atoms with van der Waals surface area (Å²) in [5.41, 5.74) is 5.82. The number of nitrogens with zero attached hydrogens (tertiary/aromatic N) is 4. The van der Waals surface area contributed by atoms with E-state index >= 15 is 0 Å². The highest BCUT2D eigenvalue weighted by atomic mass is 19.4. The average Bonchev–Trinajstić information content (AvgIpc) is 3.21. The lowest BCUT2D eigenvalue weighted by atomic mass is 9.80. The van der Waals surface area contributed by atoms with Crippen molar-refractivity contribution >= 4 is 23.5 Å². The van der Waals surface area contributed by atoms with Gasteiger partial charge in [-0.3, -0.25) is 9.48 Å². The number of nitrogens with two attached hydrogens (primary N) is 1. The number of likely N-dealkylation sites (tertiary alicyclic amines) is 1. The van der Waals surface area contributed by atoms with Crippen molar-refractivity contribution in [3.05, 3.63) is 41.8 Å². The van der Waals surface area contributed by atoms with Crippen LogP contribution < -0.4 is 16.2 Å². The molecular weight excluding hydrogens is 472 g/mol. The maximum absolute atomic E-state index is 13.5. The van der Waals surface area contributed by atoms with Crippen molar-refractivity contribution in [1.82, 2.24) is 14.7 Å². The zero-order chi connectivity index (χ0) is 25.9. The second-order valence-electron chi connectivity index (χ2n) is 8.44. The summed E-state index contributed by atoms with van der Waals surface area (Å²) < 4.78 is 54.9. The number of rotatable bonds is 7. The zero-order valence-corrected chi connectivity index (χ0v) is 18.6. The number of carbonyl (C=O) groups is 2. The Morgan fingerprint density at radius 3 is 2.54 bits per heavy atom. The van der Waals surface area contributed by atoms with Crippen LogP contribution >= 0.6 is 0 Å². The van der Waals surface area contributed by atoms with Crippen LogP contribution in [0.2, 0.25) is 0 Å². The van der Waals surface area contributed by atoms with Crippen molar-refractivity contribution in [2.75, 3.05) is 11.9 Å². The van der Waals surface area contributed by atoms with Gasteiger partial charge in [0.25, 0.3) is 5.91 Å². The first kappa shape index (κ1) is 25.8. The molecule has 2 aromatic rings. The summed E-state index contributed by atoms with van der Waals surface area (Å²) in [5, 5.41) is 28.0. The SMILES string of the molecule is CC(C1CC(C(CC#N)n2cc(C(N)=O)c(Nc3ccc(F)cc3)n2)CCN1C(=O)[O-])C(F)(F)F. The lowest BCUT2D eigenvalue weighted by Crippen LogP contribution is -2.56. The van der Waals surface area contributed by atoms with Gasteiger partial charge in [0.1, 0.15) is 17.5 Å². The van der Waals surface area contributed by atoms with Crippen molar-refractivity contribution in [2.45, 2.75) is 44.4 Å². The highest BCUT2D eigenvalue weighted by Gasteiger charge is 2.47. The van der Waals surface area contributed by atoms with Crippen LogP contribution in [-0.4, -0.2) is 45.4 Å². The Balaban J connectivity index is 1.93. The maximum atomic E-state index is 13.5. The average molecular weight is 495 g/mol. The molecule has 1 aliphatic rings. The maximum Gasteiger partial charge on any atom is 0.393 e. The number of amides is 2. The van der Waals surface area contributed by atoms with Gasteiger partial charge in [-0.15, -0.1) is 0 Å². The van der Waals surface area contributed by atoms with E-state index in [0.717, 1.165) is 6.92 Å². The van der Waals surface area contributed by atoms with E-state index in [4.69, 9.17) is 5.73 Å². The Labute approximate surface area is 198 Å². The molecule has 4 unspecified atom stereocenters. The number of halogens is 4. The molecule has 1 aromatic carbocycles. The van der Waals surface area contributed by atoms with Gasteiger partial charge in [0.15, 0.2) is 5.82 Å². The molecule has 0 radical (unpaired) electrons. The van der Waals surface area contributed by atoms with Gasteiger partial charge in [-0.25, -0.2) is 4.39 Å². The molecule has 1 saturated heterocycles. The quantitative estimate of drug-likeness (QED) is 0.566. The molecule has 0 saturated carbocycles. The van der Waals surface area contributed by atoms with Crippen LogP contribution in [-0.2, 0) is 0 Å². The molecule has 0 bridgehead atoms. The minimum Gasteiger partial charge on any atom is -0.530 e. The molecule has 35 heavy (non-hydrogen) atoms. The van der Waals surface area contributed by atoms with Gasteiger partial charge < -0.3 is 25.9 Å². The molecule has 2 amide bonds. The van der Waals surface area contributed by atoms with E-state index in [9.17, 15) is 37.5 Å². The highest BCUT2D eigenvalue weighted by Crippen LogP contribution is 2.41. The van der Waals surface area contributed by atoms with Crippen LogP contribution in [0.1, 0.15) is 42.6 Å². The molecule has 0 spiro atoms. The molecule has 188 valence electrons. The Morgan fingerprint density at radius 2 is 2.00 bits per heavy atom. The summed E-state index contributed by atoms with van der Waals surface area (Å²) in [6.07, 6.45) is -5.21. The summed E-state index contributed by atoms with van der Waals surface area (Å²) in [4.78, 5) is 24.2. The van der Waals surface area contributed by atoms with Crippen LogP contribution in [0.25, 0.3) is 0 Å². The second kappa shape index (κ2) is 10.2. The van der Waals surface area contributed by atoms with Crippen LogP contribution in [0.4, 0.5) is 33.9 Å². The molecular formula is C22H23F4N6O3-. The Morgan fingerprint density at radius 1 is 1.34 bits per heavy atom. The molecule has 9 nitrogen and oxygen atoms in total. The van der Waals surface area contributed by atoms with E-state index in [1.807, 2.05) is 6.07 Å². The standard InChI is InChI=1S/C22H24F4N6O3/c1-12(22(24,25)26)18-10-13(7-9-31(18)21(34)35)17(6-8-27)32-11-16(19(28)33)20(30-32)29-15-4-2-14(23)3-5-15/h2-5,11-13,17-18H,6-7,9-10H2,1H3,(H2,28,33)(H,29,30)(H,34,35)/p-1. The molecule has 2 heterocycles. The Bertz CT molecular complexity index is 1110. The number of benzene rings is 1. The summed E-state index contributed by atoms with van der Waals surface area (Å²) >= 11 is 0.